The Morgan fingerprint density at radius 1 is 0.643 bits per heavy atom. The molecule has 0 aromatic heterocycles. The maximum atomic E-state index is 12.0. The van der Waals surface area contributed by atoms with E-state index in [-0.39, 0.29) is 32.1 Å². The van der Waals surface area contributed by atoms with Crippen LogP contribution in [0.5, 0.6) is 0 Å². The van der Waals surface area contributed by atoms with Crippen molar-refractivity contribution in [1.82, 2.24) is 5.32 Å². The van der Waals surface area contributed by atoms with E-state index in [2.05, 4.69) is 19.2 Å². The Morgan fingerprint density at radius 3 is 1.55 bits per heavy atom. The van der Waals surface area contributed by atoms with Gasteiger partial charge in [0.25, 0.3) is 0 Å². The molecular formula is C32H64NO8P. The molecule has 0 aliphatic heterocycles. The highest BCUT2D eigenvalue weighted by molar-refractivity contribution is 7.47. The lowest BCUT2D eigenvalue weighted by atomic mass is 10.1. The van der Waals surface area contributed by atoms with Gasteiger partial charge in [-0.1, -0.05) is 136 Å². The first-order valence-electron chi connectivity index (χ1n) is 17.0. The second kappa shape index (κ2) is 30.1. The van der Waals surface area contributed by atoms with Crippen LogP contribution >= 0.6 is 7.82 Å². The van der Waals surface area contributed by atoms with Crippen LogP contribution in [0.4, 0.5) is 0 Å². The van der Waals surface area contributed by atoms with Crippen molar-refractivity contribution in [2.75, 3.05) is 26.4 Å². The summed E-state index contributed by atoms with van der Waals surface area (Å²) >= 11 is 0. The number of hydrogen-bond donors (Lipinski definition) is 3. The van der Waals surface area contributed by atoms with Crippen LogP contribution in [-0.4, -0.2) is 54.3 Å². The summed E-state index contributed by atoms with van der Waals surface area (Å²) in [6.07, 6.45) is 24.6. The van der Waals surface area contributed by atoms with Gasteiger partial charge < -0.3 is 20.1 Å². The quantitative estimate of drug-likeness (QED) is 0.0390. The normalized spacial score (nSPS) is 13.5. The van der Waals surface area contributed by atoms with E-state index in [0.29, 0.717) is 6.42 Å². The number of rotatable bonds is 32. The predicted octanol–water partition coefficient (Wildman–Crippen LogP) is 8.15. The maximum absolute atomic E-state index is 12.0. The van der Waals surface area contributed by atoms with Crippen molar-refractivity contribution in [3.8, 4) is 0 Å². The van der Waals surface area contributed by atoms with E-state index < -0.39 is 26.5 Å². The molecule has 0 aromatic carbocycles. The van der Waals surface area contributed by atoms with Gasteiger partial charge in [0.15, 0.2) is 0 Å². The first kappa shape index (κ1) is 41.0. The zero-order valence-electron chi connectivity index (χ0n) is 27.0. The Balaban J connectivity index is 3.63. The van der Waals surface area contributed by atoms with Gasteiger partial charge in [-0.15, -0.1) is 0 Å². The van der Waals surface area contributed by atoms with Gasteiger partial charge in [-0.2, -0.15) is 0 Å². The summed E-state index contributed by atoms with van der Waals surface area (Å²) in [5.41, 5.74) is 0. The molecule has 0 heterocycles. The van der Waals surface area contributed by atoms with E-state index in [1.807, 2.05) is 0 Å². The standard InChI is InChI=1S/C32H64NO8P/c1-3-5-7-9-11-13-15-16-18-20-22-24-31(35)33-26-27-40-42(37,38)41-29-30(34)28-39-32(36)25-23-21-19-17-14-12-10-8-6-4-2/h30,34H,3-29H2,1-2H3,(H,33,35)(H,37,38). The predicted molar refractivity (Wildman–Crippen MR) is 169 cm³/mol. The number of carbonyl (C=O) groups excluding carboxylic acids is 2. The van der Waals surface area contributed by atoms with E-state index in [4.69, 9.17) is 13.8 Å². The van der Waals surface area contributed by atoms with Gasteiger partial charge in [-0.05, 0) is 12.8 Å². The molecule has 3 N–H and O–H groups in total. The average Bonchev–Trinajstić information content (AvgIpc) is 2.97. The van der Waals surface area contributed by atoms with Crippen LogP contribution in [0.2, 0.25) is 0 Å². The molecule has 0 bridgehead atoms. The zero-order valence-corrected chi connectivity index (χ0v) is 27.9. The number of aliphatic hydroxyl groups excluding tert-OH is 1. The minimum atomic E-state index is -4.39. The average molecular weight is 622 g/mol. The molecule has 0 aliphatic rings. The van der Waals surface area contributed by atoms with Crippen molar-refractivity contribution >= 4 is 19.7 Å². The molecule has 0 aliphatic carbocycles. The van der Waals surface area contributed by atoms with Crippen LogP contribution in [0.25, 0.3) is 0 Å². The molecule has 2 unspecified atom stereocenters. The number of unbranched alkanes of at least 4 members (excludes halogenated alkanes) is 19. The Morgan fingerprint density at radius 2 is 1.07 bits per heavy atom. The number of phosphoric acid groups is 1. The summed E-state index contributed by atoms with van der Waals surface area (Å²) in [4.78, 5) is 33.5. The Kier molecular flexibility index (Phi) is 29.3. The number of esters is 1. The highest BCUT2D eigenvalue weighted by atomic mass is 31.2. The van der Waals surface area contributed by atoms with Crippen molar-refractivity contribution in [1.29, 1.82) is 0 Å². The lowest BCUT2D eigenvalue weighted by molar-refractivity contribution is -0.147. The highest BCUT2D eigenvalue weighted by Gasteiger charge is 2.23. The summed E-state index contributed by atoms with van der Waals surface area (Å²) in [5, 5.41) is 12.6. The molecule has 0 radical (unpaired) electrons. The fourth-order valence-electron chi connectivity index (χ4n) is 4.67. The van der Waals surface area contributed by atoms with Gasteiger partial charge >= 0.3 is 13.8 Å². The lowest BCUT2D eigenvalue weighted by Crippen LogP contribution is -2.27. The summed E-state index contributed by atoms with van der Waals surface area (Å²) in [6, 6.07) is 0. The molecule has 42 heavy (non-hydrogen) atoms. The topological polar surface area (TPSA) is 131 Å². The SMILES string of the molecule is CCCCCCCCCCCCCC(=O)NCCOP(=O)(O)OCC(O)COC(=O)CCCCCCCCCCCC. The number of amides is 1. The third-order valence-corrected chi connectivity index (χ3v) is 8.27. The number of aliphatic hydroxyl groups is 1. The first-order chi connectivity index (χ1) is 20.3. The summed E-state index contributed by atoms with van der Waals surface area (Å²) < 4.78 is 26.6. The van der Waals surface area contributed by atoms with E-state index in [9.17, 15) is 24.2 Å². The Bertz CT molecular complexity index is 679. The van der Waals surface area contributed by atoms with Crippen LogP contribution in [0.15, 0.2) is 0 Å². The minimum Gasteiger partial charge on any atom is -0.463 e. The molecule has 0 fully saturated rings. The molecule has 10 heteroatoms. The summed E-state index contributed by atoms with van der Waals surface area (Å²) in [6.45, 7) is 3.52. The smallest absolute Gasteiger partial charge is 0.463 e. The lowest BCUT2D eigenvalue weighted by Gasteiger charge is -2.15. The van der Waals surface area contributed by atoms with Gasteiger partial charge in [-0.3, -0.25) is 18.6 Å². The third kappa shape index (κ3) is 30.5. The fourth-order valence-corrected chi connectivity index (χ4v) is 5.43. The maximum Gasteiger partial charge on any atom is 0.472 e. The van der Waals surface area contributed by atoms with E-state index in [1.54, 1.807) is 0 Å². The Labute approximate surface area is 256 Å². The Hall–Kier alpha value is -0.990. The van der Waals surface area contributed by atoms with E-state index in [1.165, 1.54) is 96.3 Å². The van der Waals surface area contributed by atoms with Crippen LogP contribution < -0.4 is 5.32 Å². The van der Waals surface area contributed by atoms with E-state index in [0.717, 1.165) is 38.5 Å². The van der Waals surface area contributed by atoms with Crippen LogP contribution in [-0.2, 0) is 27.9 Å². The van der Waals surface area contributed by atoms with Crippen LogP contribution in [0.3, 0.4) is 0 Å². The molecule has 250 valence electrons. The fraction of sp³-hybridized carbons (Fsp3) is 0.938. The minimum absolute atomic E-state index is 0.0872. The molecule has 2 atom stereocenters. The monoisotopic (exact) mass is 621 g/mol. The van der Waals surface area contributed by atoms with Crippen molar-refractivity contribution in [3.05, 3.63) is 0 Å². The number of carbonyl (C=O) groups is 2. The van der Waals surface area contributed by atoms with Crippen LogP contribution in [0.1, 0.15) is 162 Å². The molecule has 9 nitrogen and oxygen atoms in total. The third-order valence-electron chi connectivity index (χ3n) is 7.29. The number of ether oxygens (including phenoxy) is 1. The van der Waals surface area contributed by atoms with Gasteiger partial charge in [0.05, 0.1) is 13.2 Å². The second-order valence-electron chi connectivity index (χ2n) is 11.5. The van der Waals surface area contributed by atoms with Crippen molar-refractivity contribution in [2.24, 2.45) is 0 Å². The summed E-state index contributed by atoms with van der Waals surface area (Å²) in [7, 11) is -4.39. The zero-order chi connectivity index (χ0) is 31.2. The second-order valence-corrected chi connectivity index (χ2v) is 13.0. The van der Waals surface area contributed by atoms with Gasteiger partial charge in [0.2, 0.25) is 5.91 Å². The van der Waals surface area contributed by atoms with E-state index >= 15 is 0 Å². The molecule has 0 saturated carbocycles. The molecule has 0 saturated heterocycles. The molecule has 0 rings (SSSR count). The molecular weight excluding hydrogens is 557 g/mol. The van der Waals surface area contributed by atoms with Crippen LogP contribution in [0, 0.1) is 0 Å². The van der Waals surface area contributed by atoms with Gasteiger partial charge in [0.1, 0.15) is 12.7 Å². The molecule has 0 aromatic rings. The number of nitrogens with one attached hydrogen (secondary N) is 1. The molecule has 0 spiro atoms. The number of hydrogen-bond acceptors (Lipinski definition) is 7. The van der Waals surface area contributed by atoms with Crippen molar-refractivity contribution in [2.45, 2.75) is 168 Å². The van der Waals surface area contributed by atoms with Gasteiger partial charge in [-0.25, -0.2) is 4.57 Å². The summed E-state index contributed by atoms with van der Waals surface area (Å²) in [5.74, 6) is -0.515. The highest BCUT2D eigenvalue weighted by Crippen LogP contribution is 2.42. The number of phosphoric ester groups is 1. The van der Waals surface area contributed by atoms with Gasteiger partial charge in [0, 0.05) is 19.4 Å². The largest absolute Gasteiger partial charge is 0.472 e. The molecule has 1 amide bonds. The van der Waals surface area contributed by atoms with Crippen molar-refractivity contribution in [3.63, 3.8) is 0 Å². The first-order valence-corrected chi connectivity index (χ1v) is 18.5. The van der Waals surface area contributed by atoms with Crippen molar-refractivity contribution < 1.29 is 37.9 Å².